The van der Waals surface area contributed by atoms with Gasteiger partial charge in [-0.3, -0.25) is 10.1 Å². The standard InChI is InChI=1S/C17H10F3N7O3/c18-17(19,20)12-3-1-2-11(8-12)15-22-25-26(24-15)9-14-21-23-16(30-14)10-4-6-13(7-5-10)27(28)29/h1-8H,9H2. The molecule has 2 aromatic carbocycles. The molecule has 0 fully saturated rings. The summed E-state index contributed by atoms with van der Waals surface area (Å²) in [7, 11) is 0. The number of hydrogen-bond acceptors (Lipinski definition) is 8. The summed E-state index contributed by atoms with van der Waals surface area (Å²) < 4.78 is 44.1. The average molecular weight is 417 g/mol. The normalized spacial score (nSPS) is 11.6. The maximum atomic E-state index is 12.9. The van der Waals surface area contributed by atoms with Gasteiger partial charge in [-0.05, 0) is 29.5 Å². The highest BCUT2D eigenvalue weighted by atomic mass is 19.4. The van der Waals surface area contributed by atoms with Crippen LogP contribution in [0.2, 0.25) is 0 Å². The number of benzene rings is 2. The number of nitro benzene ring substituents is 1. The van der Waals surface area contributed by atoms with E-state index in [2.05, 4.69) is 25.6 Å². The maximum Gasteiger partial charge on any atom is 0.416 e. The third kappa shape index (κ3) is 3.99. The van der Waals surface area contributed by atoms with Gasteiger partial charge in [-0.2, -0.15) is 18.0 Å². The molecular weight excluding hydrogens is 407 g/mol. The molecule has 2 heterocycles. The van der Waals surface area contributed by atoms with Gasteiger partial charge in [0, 0.05) is 23.3 Å². The maximum absolute atomic E-state index is 12.9. The zero-order chi connectivity index (χ0) is 21.3. The fourth-order valence-electron chi connectivity index (χ4n) is 2.54. The summed E-state index contributed by atoms with van der Waals surface area (Å²) in [6.45, 7) is -0.0635. The van der Waals surface area contributed by atoms with E-state index in [-0.39, 0.29) is 35.4 Å². The minimum Gasteiger partial charge on any atom is -0.419 e. The van der Waals surface area contributed by atoms with Crippen molar-refractivity contribution in [3.63, 3.8) is 0 Å². The molecule has 0 atom stereocenters. The highest BCUT2D eigenvalue weighted by Crippen LogP contribution is 2.31. The van der Waals surface area contributed by atoms with E-state index in [1.54, 1.807) is 0 Å². The number of non-ortho nitro benzene ring substituents is 1. The third-order valence-corrected chi connectivity index (χ3v) is 3.97. The number of nitrogens with zero attached hydrogens (tertiary/aromatic N) is 7. The van der Waals surface area contributed by atoms with E-state index in [1.807, 2.05) is 0 Å². The summed E-state index contributed by atoms with van der Waals surface area (Å²) in [5, 5.41) is 30.0. The van der Waals surface area contributed by atoms with Gasteiger partial charge >= 0.3 is 6.18 Å². The first-order valence-electron chi connectivity index (χ1n) is 8.32. The topological polar surface area (TPSA) is 126 Å². The molecular formula is C17H10F3N7O3. The van der Waals surface area contributed by atoms with Gasteiger partial charge in [0.25, 0.3) is 5.69 Å². The minimum atomic E-state index is -4.48. The van der Waals surface area contributed by atoms with Crippen molar-refractivity contribution in [1.82, 2.24) is 30.4 Å². The van der Waals surface area contributed by atoms with Gasteiger partial charge in [-0.25, -0.2) is 0 Å². The Hall–Kier alpha value is -4.16. The van der Waals surface area contributed by atoms with Crippen LogP contribution in [0.4, 0.5) is 18.9 Å². The summed E-state index contributed by atoms with van der Waals surface area (Å²) in [5.74, 6) is 0.269. The van der Waals surface area contributed by atoms with Crippen LogP contribution >= 0.6 is 0 Å². The van der Waals surface area contributed by atoms with E-state index in [1.165, 1.54) is 36.4 Å². The van der Waals surface area contributed by atoms with Gasteiger partial charge in [-0.1, -0.05) is 12.1 Å². The van der Waals surface area contributed by atoms with Crippen LogP contribution in [-0.4, -0.2) is 35.3 Å². The van der Waals surface area contributed by atoms with Crippen LogP contribution in [0.15, 0.2) is 52.9 Å². The molecule has 0 radical (unpaired) electrons. The fraction of sp³-hybridized carbons (Fsp3) is 0.118. The van der Waals surface area contributed by atoms with Crippen LogP contribution in [0.3, 0.4) is 0 Å². The Kier molecular flexibility index (Phi) is 4.69. The number of alkyl halides is 3. The Morgan fingerprint density at radius 1 is 1.03 bits per heavy atom. The molecule has 0 aliphatic carbocycles. The average Bonchev–Trinajstić information content (AvgIpc) is 3.38. The number of nitro groups is 1. The highest BCUT2D eigenvalue weighted by Gasteiger charge is 2.30. The predicted octanol–water partition coefficient (Wildman–Crippen LogP) is 3.37. The molecule has 10 nitrogen and oxygen atoms in total. The fourth-order valence-corrected chi connectivity index (χ4v) is 2.54. The van der Waals surface area contributed by atoms with E-state index < -0.39 is 16.7 Å². The molecule has 4 aromatic rings. The number of hydrogen-bond donors (Lipinski definition) is 0. The Morgan fingerprint density at radius 2 is 1.80 bits per heavy atom. The monoisotopic (exact) mass is 417 g/mol. The highest BCUT2D eigenvalue weighted by molar-refractivity contribution is 5.56. The van der Waals surface area contributed by atoms with Crippen LogP contribution in [0.5, 0.6) is 0 Å². The molecule has 0 amide bonds. The van der Waals surface area contributed by atoms with Crippen LogP contribution < -0.4 is 0 Å². The predicted molar refractivity (Wildman–Crippen MR) is 93.7 cm³/mol. The van der Waals surface area contributed by atoms with Crippen molar-refractivity contribution in [3.8, 4) is 22.8 Å². The zero-order valence-corrected chi connectivity index (χ0v) is 14.8. The largest absolute Gasteiger partial charge is 0.419 e. The van der Waals surface area contributed by atoms with Crippen molar-refractivity contribution in [1.29, 1.82) is 0 Å². The summed E-state index contributed by atoms with van der Waals surface area (Å²) in [4.78, 5) is 11.3. The molecule has 0 saturated heterocycles. The van der Waals surface area contributed by atoms with E-state index in [9.17, 15) is 23.3 Å². The molecule has 152 valence electrons. The van der Waals surface area contributed by atoms with Crippen molar-refractivity contribution >= 4 is 5.69 Å². The van der Waals surface area contributed by atoms with Crippen LogP contribution in [0, 0.1) is 10.1 Å². The van der Waals surface area contributed by atoms with Crippen molar-refractivity contribution in [2.45, 2.75) is 12.7 Å². The van der Waals surface area contributed by atoms with Gasteiger partial charge in [0.05, 0.1) is 10.5 Å². The molecule has 0 N–H and O–H groups in total. The lowest BCUT2D eigenvalue weighted by molar-refractivity contribution is -0.384. The van der Waals surface area contributed by atoms with Crippen molar-refractivity contribution in [2.75, 3.05) is 0 Å². The number of rotatable bonds is 5. The summed E-state index contributed by atoms with van der Waals surface area (Å²) in [5.41, 5.74) is -0.253. The first-order chi connectivity index (χ1) is 14.3. The first kappa shape index (κ1) is 19.2. The second-order valence-electron chi connectivity index (χ2n) is 6.03. The summed E-state index contributed by atoms with van der Waals surface area (Å²) in [6, 6.07) is 10.1. The molecule has 0 bridgehead atoms. The molecule has 0 unspecified atom stereocenters. The van der Waals surface area contributed by atoms with Gasteiger partial charge in [-0.15, -0.1) is 20.4 Å². The van der Waals surface area contributed by atoms with E-state index in [4.69, 9.17) is 4.42 Å². The first-order valence-corrected chi connectivity index (χ1v) is 8.32. The van der Waals surface area contributed by atoms with Crippen LogP contribution in [0.25, 0.3) is 22.8 Å². The van der Waals surface area contributed by atoms with Gasteiger partial charge < -0.3 is 4.42 Å². The molecule has 0 aliphatic heterocycles. The van der Waals surface area contributed by atoms with E-state index in [0.717, 1.165) is 16.9 Å². The van der Waals surface area contributed by atoms with Crippen molar-refractivity contribution in [3.05, 3.63) is 70.1 Å². The molecule has 0 spiro atoms. The molecule has 30 heavy (non-hydrogen) atoms. The summed E-state index contributed by atoms with van der Waals surface area (Å²) >= 11 is 0. The van der Waals surface area contributed by atoms with E-state index >= 15 is 0 Å². The summed E-state index contributed by atoms with van der Waals surface area (Å²) in [6.07, 6.45) is -4.48. The second kappa shape index (κ2) is 7.35. The van der Waals surface area contributed by atoms with Gasteiger partial charge in [0.2, 0.25) is 17.6 Å². The van der Waals surface area contributed by atoms with Crippen LogP contribution in [0.1, 0.15) is 11.5 Å². The number of aromatic nitrogens is 6. The molecule has 13 heteroatoms. The Balaban J connectivity index is 1.50. The lowest BCUT2D eigenvalue weighted by Gasteiger charge is -2.06. The molecule has 2 aromatic heterocycles. The number of tetrazole rings is 1. The number of halogens is 3. The van der Waals surface area contributed by atoms with Gasteiger partial charge in [0.15, 0.2) is 0 Å². The van der Waals surface area contributed by atoms with Gasteiger partial charge in [0.1, 0.15) is 6.54 Å². The third-order valence-electron chi connectivity index (χ3n) is 3.97. The van der Waals surface area contributed by atoms with E-state index in [0.29, 0.717) is 5.56 Å². The lowest BCUT2D eigenvalue weighted by Crippen LogP contribution is -2.05. The van der Waals surface area contributed by atoms with Crippen molar-refractivity contribution < 1.29 is 22.5 Å². The second-order valence-corrected chi connectivity index (χ2v) is 6.03. The lowest BCUT2D eigenvalue weighted by atomic mass is 10.1. The smallest absolute Gasteiger partial charge is 0.416 e. The Morgan fingerprint density at radius 3 is 2.50 bits per heavy atom. The zero-order valence-electron chi connectivity index (χ0n) is 14.8. The molecule has 0 aliphatic rings. The Bertz CT molecular complexity index is 1200. The van der Waals surface area contributed by atoms with Crippen molar-refractivity contribution in [2.24, 2.45) is 0 Å². The Labute approximate surface area is 165 Å². The molecule has 4 rings (SSSR count). The SMILES string of the molecule is O=[N+]([O-])c1ccc(-c2nnc(Cn3nnc(-c4cccc(C(F)(F)F)c4)n3)o2)cc1. The minimum absolute atomic E-state index is 0.0104. The van der Waals surface area contributed by atoms with Crippen LogP contribution in [-0.2, 0) is 12.7 Å². The quantitative estimate of drug-likeness (QED) is 0.357. The molecule has 0 saturated carbocycles.